The molecule has 2 N–H and O–H groups in total. The summed E-state index contributed by atoms with van der Waals surface area (Å²) in [4.78, 5) is 21.8. The average Bonchev–Trinajstić information content (AvgIpc) is 2.02. The van der Waals surface area contributed by atoms with E-state index in [-0.39, 0.29) is 0 Å². The third kappa shape index (κ3) is 4.78. The summed E-state index contributed by atoms with van der Waals surface area (Å²) in [5.41, 5.74) is 0. The molecule has 0 aromatic carbocycles. The number of aliphatic hydroxyl groups is 2. The normalized spacial score (nSPS) is 16.6. The van der Waals surface area contributed by atoms with Gasteiger partial charge < -0.3 is 19.7 Å². The summed E-state index contributed by atoms with van der Waals surface area (Å²) in [6, 6.07) is 0. The van der Waals surface area contributed by atoms with Crippen molar-refractivity contribution in [1.82, 2.24) is 0 Å². The van der Waals surface area contributed by atoms with Gasteiger partial charge in [-0.2, -0.15) is 0 Å². The Hall–Kier alpha value is -1.14. The van der Waals surface area contributed by atoms with Crippen molar-refractivity contribution in [2.24, 2.45) is 0 Å². The van der Waals surface area contributed by atoms with Crippen LogP contribution in [0.15, 0.2) is 0 Å². The molecular formula is C8H14O6. The van der Waals surface area contributed by atoms with E-state index in [0.29, 0.717) is 0 Å². The molecule has 0 bridgehead atoms. The van der Waals surface area contributed by atoms with Crippen LogP contribution in [-0.4, -0.2) is 40.6 Å². The number of esters is 2. The minimum Gasteiger partial charge on any atom is -0.449 e. The van der Waals surface area contributed by atoms with Crippen molar-refractivity contribution in [2.75, 3.05) is 0 Å². The third-order valence-electron chi connectivity index (χ3n) is 1.25. The van der Waals surface area contributed by atoms with Crippen molar-refractivity contribution in [1.29, 1.82) is 0 Å². The second-order valence-electron chi connectivity index (χ2n) is 2.79. The zero-order valence-electron chi connectivity index (χ0n) is 8.26. The molecule has 0 aliphatic carbocycles. The van der Waals surface area contributed by atoms with E-state index in [9.17, 15) is 9.59 Å². The Labute approximate surface area is 81.4 Å². The smallest absolute Gasteiger partial charge is 0.349 e. The van der Waals surface area contributed by atoms with E-state index in [2.05, 4.69) is 9.47 Å². The Morgan fingerprint density at radius 1 is 1.00 bits per heavy atom. The monoisotopic (exact) mass is 206 g/mol. The van der Waals surface area contributed by atoms with E-state index in [1.54, 1.807) is 0 Å². The largest absolute Gasteiger partial charge is 0.449 e. The Morgan fingerprint density at radius 3 is 1.86 bits per heavy atom. The van der Waals surface area contributed by atoms with Gasteiger partial charge in [0.25, 0.3) is 0 Å². The van der Waals surface area contributed by atoms with Crippen LogP contribution in [0.1, 0.15) is 20.8 Å². The van der Waals surface area contributed by atoms with E-state index < -0.39 is 30.4 Å². The minimum atomic E-state index is -1.29. The molecule has 0 saturated heterocycles. The second-order valence-corrected chi connectivity index (χ2v) is 2.79. The van der Waals surface area contributed by atoms with E-state index in [0.717, 1.165) is 0 Å². The molecule has 0 aromatic heterocycles. The second kappa shape index (κ2) is 5.56. The molecule has 0 radical (unpaired) electrons. The van der Waals surface area contributed by atoms with Crippen LogP contribution >= 0.6 is 0 Å². The molecule has 0 aliphatic heterocycles. The van der Waals surface area contributed by atoms with Crippen LogP contribution in [0.3, 0.4) is 0 Å². The van der Waals surface area contributed by atoms with Crippen molar-refractivity contribution < 1.29 is 29.3 Å². The van der Waals surface area contributed by atoms with Crippen LogP contribution in [0.4, 0.5) is 0 Å². The molecule has 0 aliphatic rings. The average molecular weight is 206 g/mol. The highest BCUT2D eigenvalue weighted by atomic mass is 16.7. The van der Waals surface area contributed by atoms with Crippen LogP contribution in [-0.2, 0) is 19.1 Å². The molecular weight excluding hydrogens is 192 g/mol. The van der Waals surface area contributed by atoms with Gasteiger partial charge in [-0.15, -0.1) is 0 Å². The highest BCUT2D eigenvalue weighted by molar-refractivity contribution is 5.80. The van der Waals surface area contributed by atoms with Gasteiger partial charge in [0.2, 0.25) is 0 Å². The molecule has 0 spiro atoms. The van der Waals surface area contributed by atoms with Gasteiger partial charge in [-0.3, -0.25) is 0 Å². The Bertz CT molecular complexity index is 210. The van der Waals surface area contributed by atoms with Gasteiger partial charge >= 0.3 is 11.9 Å². The number of hydrogen-bond acceptors (Lipinski definition) is 6. The number of carbonyl (C=O) groups excluding carboxylic acids is 2. The van der Waals surface area contributed by atoms with E-state index in [1.807, 2.05) is 0 Å². The summed E-state index contributed by atoms with van der Waals surface area (Å²) in [7, 11) is 0. The van der Waals surface area contributed by atoms with Gasteiger partial charge in [-0.05, 0) is 20.8 Å². The van der Waals surface area contributed by atoms with Gasteiger partial charge in [0.1, 0.15) is 6.10 Å². The zero-order valence-corrected chi connectivity index (χ0v) is 8.26. The number of ether oxygens (including phenoxy) is 2. The first-order valence-electron chi connectivity index (χ1n) is 4.11. The zero-order chi connectivity index (χ0) is 11.3. The van der Waals surface area contributed by atoms with Crippen LogP contribution in [0.5, 0.6) is 0 Å². The van der Waals surface area contributed by atoms with Crippen LogP contribution in [0.2, 0.25) is 0 Å². The lowest BCUT2D eigenvalue weighted by molar-refractivity contribution is -0.184. The van der Waals surface area contributed by atoms with Crippen molar-refractivity contribution in [3.63, 3.8) is 0 Å². The Balaban J connectivity index is 4.01. The highest BCUT2D eigenvalue weighted by Gasteiger charge is 2.22. The molecule has 6 nitrogen and oxygen atoms in total. The van der Waals surface area contributed by atoms with Crippen molar-refractivity contribution in [2.45, 2.75) is 39.3 Å². The lowest BCUT2D eigenvalue weighted by Gasteiger charge is -2.14. The molecule has 3 atom stereocenters. The molecule has 82 valence electrons. The van der Waals surface area contributed by atoms with Crippen LogP contribution in [0.25, 0.3) is 0 Å². The number of rotatable bonds is 4. The maximum atomic E-state index is 11.0. The molecule has 0 aromatic rings. The highest BCUT2D eigenvalue weighted by Crippen LogP contribution is 1.99. The predicted octanol–water partition coefficient (Wildman–Crippen LogP) is -0.820. The number of aliphatic hydroxyl groups excluding tert-OH is 2. The Kier molecular flexibility index (Phi) is 5.11. The summed E-state index contributed by atoms with van der Waals surface area (Å²) in [5, 5.41) is 17.4. The van der Waals surface area contributed by atoms with Crippen molar-refractivity contribution in [3.05, 3.63) is 0 Å². The molecule has 0 rings (SSSR count). The van der Waals surface area contributed by atoms with Gasteiger partial charge in [-0.25, -0.2) is 9.59 Å². The first-order chi connectivity index (χ1) is 6.34. The standard InChI is InChI=1S/C8H14O6/c1-4(9)7(11)13-5(2)8(12)14-6(3)10/h4-6,9-10H,1-3H3. The number of carbonyl (C=O) groups is 2. The predicted molar refractivity (Wildman–Crippen MR) is 45.0 cm³/mol. The third-order valence-corrected chi connectivity index (χ3v) is 1.25. The SMILES string of the molecule is CC(O)OC(=O)C(C)OC(=O)C(C)O. The first-order valence-corrected chi connectivity index (χ1v) is 4.11. The summed E-state index contributed by atoms with van der Waals surface area (Å²) in [6.07, 6.45) is -3.70. The fourth-order valence-corrected chi connectivity index (χ4v) is 0.585. The van der Waals surface area contributed by atoms with Crippen molar-refractivity contribution in [3.8, 4) is 0 Å². The molecule has 0 fully saturated rings. The quantitative estimate of drug-likeness (QED) is 0.461. The Morgan fingerprint density at radius 2 is 1.50 bits per heavy atom. The fourth-order valence-electron chi connectivity index (χ4n) is 0.585. The number of hydrogen-bond donors (Lipinski definition) is 2. The summed E-state index contributed by atoms with van der Waals surface area (Å²) < 4.78 is 8.85. The first kappa shape index (κ1) is 12.9. The maximum absolute atomic E-state index is 11.0. The topological polar surface area (TPSA) is 93.1 Å². The van der Waals surface area contributed by atoms with Gasteiger partial charge in [0.15, 0.2) is 12.4 Å². The summed E-state index contributed by atoms with van der Waals surface area (Å²) in [5.74, 6) is -1.78. The van der Waals surface area contributed by atoms with E-state index >= 15 is 0 Å². The van der Waals surface area contributed by atoms with Crippen molar-refractivity contribution >= 4 is 11.9 Å². The van der Waals surface area contributed by atoms with Crippen LogP contribution in [0, 0.1) is 0 Å². The lowest BCUT2D eigenvalue weighted by Crippen LogP contribution is -2.32. The van der Waals surface area contributed by atoms with Gasteiger partial charge in [0, 0.05) is 0 Å². The molecule has 6 heteroatoms. The van der Waals surface area contributed by atoms with Gasteiger partial charge in [0.05, 0.1) is 0 Å². The van der Waals surface area contributed by atoms with Gasteiger partial charge in [-0.1, -0.05) is 0 Å². The maximum Gasteiger partial charge on any atom is 0.349 e. The van der Waals surface area contributed by atoms with E-state index in [1.165, 1.54) is 20.8 Å². The summed E-state index contributed by atoms with van der Waals surface area (Å²) in [6.45, 7) is 3.75. The van der Waals surface area contributed by atoms with E-state index in [4.69, 9.17) is 10.2 Å². The fraction of sp³-hybridized carbons (Fsp3) is 0.750. The molecule has 0 saturated carbocycles. The summed E-state index contributed by atoms with van der Waals surface area (Å²) >= 11 is 0. The molecule has 0 heterocycles. The molecule has 14 heavy (non-hydrogen) atoms. The molecule has 3 unspecified atom stereocenters. The lowest BCUT2D eigenvalue weighted by atomic mass is 10.4. The minimum absolute atomic E-state index is 0.867. The molecule has 0 amide bonds. The van der Waals surface area contributed by atoms with Crippen LogP contribution < -0.4 is 0 Å².